The second-order valence-corrected chi connectivity index (χ2v) is 4.47. The molecule has 0 bridgehead atoms. The minimum Gasteiger partial charge on any atom is -0.481 e. The smallest absolute Gasteiger partial charge is 0.303 e. The van der Waals surface area contributed by atoms with Gasteiger partial charge in [-0.15, -0.1) is 0 Å². The quantitative estimate of drug-likeness (QED) is 0.764. The number of nitrogens with one attached hydrogen (secondary N) is 1. The SMILES string of the molecule is CC(CCCC(=O)O)NC(=O)COc1ccccc1F. The Bertz CT molecular complexity index is 464. The number of para-hydroxylation sites is 1. The molecular formula is C14H18FNO4. The molecule has 0 radical (unpaired) electrons. The maximum absolute atomic E-state index is 13.2. The molecule has 0 fully saturated rings. The van der Waals surface area contributed by atoms with Crippen LogP contribution in [0.1, 0.15) is 26.2 Å². The first-order valence-electron chi connectivity index (χ1n) is 6.37. The first kappa shape index (κ1) is 15.9. The largest absolute Gasteiger partial charge is 0.481 e. The molecule has 0 aliphatic carbocycles. The highest BCUT2D eigenvalue weighted by molar-refractivity contribution is 5.77. The van der Waals surface area contributed by atoms with Crippen LogP contribution < -0.4 is 10.1 Å². The third-order valence-corrected chi connectivity index (χ3v) is 2.63. The van der Waals surface area contributed by atoms with Crippen LogP contribution in [0.3, 0.4) is 0 Å². The van der Waals surface area contributed by atoms with Crippen molar-refractivity contribution in [2.45, 2.75) is 32.2 Å². The van der Waals surface area contributed by atoms with Crippen LogP contribution in [-0.4, -0.2) is 29.6 Å². The van der Waals surface area contributed by atoms with Crippen LogP contribution in [0.25, 0.3) is 0 Å². The topological polar surface area (TPSA) is 75.6 Å². The molecule has 1 aromatic rings. The van der Waals surface area contributed by atoms with Crippen LogP contribution in [0.5, 0.6) is 5.75 Å². The summed E-state index contributed by atoms with van der Waals surface area (Å²) in [6.45, 7) is 1.51. The molecule has 1 unspecified atom stereocenters. The number of carbonyl (C=O) groups is 2. The Labute approximate surface area is 116 Å². The van der Waals surface area contributed by atoms with Gasteiger partial charge in [0.05, 0.1) is 0 Å². The molecule has 1 atom stereocenters. The zero-order valence-corrected chi connectivity index (χ0v) is 11.3. The molecule has 0 spiro atoms. The van der Waals surface area contributed by atoms with E-state index in [-0.39, 0.29) is 30.7 Å². The lowest BCUT2D eigenvalue weighted by atomic mass is 10.1. The van der Waals surface area contributed by atoms with E-state index in [0.717, 1.165) is 0 Å². The lowest BCUT2D eigenvalue weighted by Crippen LogP contribution is -2.36. The number of amides is 1. The van der Waals surface area contributed by atoms with Gasteiger partial charge in [0.2, 0.25) is 0 Å². The summed E-state index contributed by atoms with van der Waals surface area (Å²) in [5.74, 6) is -1.71. The highest BCUT2D eigenvalue weighted by atomic mass is 19.1. The van der Waals surface area contributed by atoms with E-state index in [1.54, 1.807) is 13.0 Å². The predicted octanol–water partition coefficient (Wildman–Crippen LogP) is 1.96. The number of hydrogen-bond acceptors (Lipinski definition) is 3. The van der Waals surface area contributed by atoms with Crippen molar-refractivity contribution in [1.29, 1.82) is 0 Å². The van der Waals surface area contributed by atoms with E-state index in [2.05, 4.69) is 5.32 Å². The summed E-state index contributed by atoms with van der Waals surface area (Å²) in [6, 6.07) is 5.70. The molecule has 20 heavy (non-hydrogen) atoms. The van der Waals surface area contributed by atoms with Gasteiger partial charge in [0.1, 0.15) is 0 Å². The molecule has 0 aromatic heterocycles. The standard InChI is InChI=1S/C14H18FNO4/c1-10(5-4-8-14(18)19)16-13(17)9-20-12-7-3-2-6-11(12)15/h2-3,6-7,10H,4-5,8-9H2,1H3,(H,16,17)(H,18,19). The molecule has 1 aromatic carbocycles. The summed E-state index contributed by atoms with van der Waals surface area (Å²) in [4.78, 5) is 21.9. The molecule has 0 saturated heterocycles. The van der Waals surface area contributed by atoms with Gasteiger partial charge in [0, 0.05) is 12.5 Å². The molecule has 1 amide bonds. The van der Waals surface area contributed by atoms with Gasteiger partial charge in [-0.1, -0.05) is 12.1 Å². The van der Waals surface area contributed by atoms with Gasteiger partial charge in [-0.05, 0) is 31.9 Å². The lowest BCUT2D eigenvalue weighted by molar-refractivity contribution is -0.137. The van der Waals surface area contributed by atoms with Gasteiger partial charge in [-0.3, -0.25) is 9.59 Å². The monoisotopic (exact) mass is 283 g/mol. The number of hydrogen-bond donors (Lipinski definition) is 2. The average Bonchev–Trinajstić information content (AvgIpc) is 2.37. The summed E-state index contributed by atoms with van der Waals surface area (Å²) < 4.78 is 18.3. The molecule has 1 rings (SSSR count). The van der Waals surface area contributed by atoms with Crippen LogP contribution in [0, 0.1) is 5.82 Å². The summed E-state index contributed by atoms with van der Waals surface area (Å²) in [6.07, 6.45) is 1.13. The maximum atomic E-state index is 13.2. The fourth-order valence-corrected chi connectivity index (χ4v) is 1.65. The van der Waals surface area contributed by atoms with Crippen LogP contribution in [0.15, 0.2) is 24.3 Å². The molecule has 0 aliphatic rings. The zero-order chi connectivity index (χ0) is 15.0. The van der Waals surface area contributed by atoms with Gasteiger partial charge in [0.15, 0.2) is 18.2 Å². The van der Waals surface area contributed by atoms with E-state index >= 15 is 0 Å². The van der Waals surface area contributed by atoms with Crippen LogP contribution in [0.2, 0.25) is 0 Å². The molecule has 2 N–H and O–H groups in total. The van der Waals surface area contributed by atoms with Crippen molar-refractivity contribution in [3.05, 3.63) is 30.1 Å². The van der Waals surface area contributed by atoms with E-state index in [9.17, 15) is 14.0 Å². The maximum Gasteiger partial charge on any atom is 0.303 e. The number of aliphatic carboxylic acids is 1. The van der Waals surface area contributed by atoms with Gasteiger partial charge in [-0.25, -0.2) is 4.39 Å². The fraction of sp³-hybridized carbons (Fsp3) is 0.429. The van der Waals surface area contributed by atoms with Crippen molar-refractivity contribution in [3.8, 4) is 5.75 Å². The summed E-state index contributed by atoms with van der Waals surface area (Å²) >= 11 is 0. The second-order valence-electron chi connectivity index (χ2n) is 4.47. The van der Waals surface area contributed by atoms with E-state index in [0.29, 0.717) is 12.8 Å². The molecule has 6 heteroatoms. The van der Waals surface area contributed by atoms with Crippen LogP contribution in [0.4, 0.5) is 4.39 Å². The Hall–Kier alpha value is -2.11. The number of carboxylic acids is 1. The lowest BCUT2D eigenvalue weighted by Gasteiger charge is -2.13. The zero-order valence-electron chi connectivity index (χ0n) is 11.3. The molecule has 0 aliphatic heterocycles. The number of carboxylic acid groups (broad SMARTS) is 1. The third kappa shape index (κ3) is 6.17. The minimum absolute atomic E-state index is 0.0289. The minimum atomic E-state index is -0.855. The Morgan fingerprint density at radius 3 is 2.75 bits per heavy atom. The van der Waals surface area contributed by atoms with Gasteiger partial charge in [0.25, 0.3) is 5.91 Å². The number of rotatable bonds is 8. The van der Waals surface area contributed by atoms with Crippen molar-refractivity contribution < 1.29 is 23.8 Å². The van der Waals surface area contributed by atoms with E-state index < -0.39 is 11.8 Å². The summed E-state index contributed by atoms with van der Waals surface area (Å²) in [7, 11) is 0. The highest BCUT2D eigenvalue weighted by Gasteiger charge is 2.10. The Balaban J connectivity index is 2.26. The van der Waals surface area contributed by atoms with E-state index in [4.69, 9.17) is 9.84 Å². The molecule has 0 heterocycles. The van der Waals surface area contributed by atoms with Crippen molar-refractivity contribution in [1.82, 2.24) is 5.32 Å². The van der Waals surface area contributed by atoms with Crippen LogP contribution >= 0.6 is 0 Å². The third-order valence-electron chi connectivity index (χ3n) is 2.63. The van der Waals surface area contributed by atoms with Gasteiger partial charge >= 0.3 is 5.97 Å². The second kappa shape index (κ2) is 8.14. The summed E-state index contributed by atoms with van der Waals surface area (Å²) in [5, 5.41) is 11.2. The molecule has 110 valence electrons. The number of carbonyl (C=O) groups excluding carboxylic acids is 1. The number of benzene rings is 1. The molecular weight excluding hydrogens is 265 g/mol. The van der Waals surface area contributed by atoms with Crippen molar-refractivity contribution in [2.75, 3.05) is 6.61 Å². The normalized spacial score (nSPS) is 11.7. The average molecular weight is 283 g/mol. The van der Waals surface area contributed by atoms with Crippen molar-refractivity contribution in [2.24, 2.45) is 0 Å². The van der Waals surface area contributed by atoms with Crippen LogP contribution in [-0.2, 0) is 9.59 Å². The first-order chi connectivity index (χ1) is 9.49. The van der Waals surface area contributed by atoms with Crippen molar-refractivity contribution >= 4 is 11.9 Å². The van der Waals surface area contributed by atoms with Gasteiger partial charge in [-0.2, -0.15) is 0 Å². The molecule has 0 saturated carbocycles. The Morgan fingerprint density at radius 2 is 2.10 bits per heavy atom. The number of ether oxygens (including phenoxy) is 1. The van der Waals surface area contributed by atoms with E-state index in [1.165, 1.54) is 18.2 Å². The van der Waals surface area contributed by atoms with Crippen molar-refractivity contribution in [3.63, 3.8) is 0 Å². The fourth-order valence-electron chi connectivity index (χ4n) is 1.65. The highest BCUT2D eigenvalue weighted by Crippen LogP contribution is 2.14. The number of halogens is 1. The predicted molar refractivity (Wildman–Crippen MR) is 71.0 cm³/mol. The first-order valence-corrected chi connectivity index (χ1v) is 6.37. The van der Waals surface area contributed by atoms with E-state index in [1.807, 2.05) is 0 Å². The Morgan fingerprint density at radius 1 is 1.40 bits per heavy atom. The molecule has 5 nitrogen and oxygen atoms in total. The summed E-state index contributed by atoms with van der Waals surface area (Å²) in [5.41, 5.74) is 0. The Kier molecular flexibility index (Phi) is 6.49. The van der Waals surface area contributed by atoms with Gasteiger partial charge < -0.3 is 15.2 Å².